The average Bonchev–Trinajstić information content (AvgIpc) is 2.63. The zero-order valence-electron chi connectivity index (χ0n) is 13.8. The highest BCUT2D eigenvalue weighted by Gasteiger charge is 2.14. The number of nitrogens with zero attached hydrogens (tertiary/aromatic N) is 4. The number of amidine groups is 1. The van der Waals surface area contributed by atoms with Crippen LogP contribution in [0.25, 0.3) is 0 Å². The number of phenols is 2. The van der Waals surface area contributed by atoms with Crippen LogP contribution < -0.4 is 5.43 Å². The van der Waals surface area contributed by atoms with Crippen LogP contribution in [0.15, 0.2) is 27.5 Å². The molecule has 0 aliphatic rings. The van der Waals surface area contributed by atoms with Crippen molar-refractivity contribution in [1.82, 2.24) is 0 Å². The van der Waals surface area contributed by atoms with Gasteiger partial charge in [0.1, 0.15) is 17.4 Å². The van der Waals surface area contributed by atoms with E-state index in [2.05, 4.69) is 20.8 Å². The first kappa shape index (κ1) is 21.1. The van der Waals surface area contributed by atoms with Gasteiger partial charge >= 0.3 is 0 Å². The van der Waals surface area contributed by atoms with Crippen LogP contribution in [0.2, 0.25) is 20.1 Å². The Bertz CT molecular complexity index is 963. The van der Waals surface area contributed by atoms with Crippen LogP contribution in [0.5, 0.6) is 11.5 Å². The summed E-state index contributed by atoms with van der Waals surface area (Å²) < 4.78 is 0. The minimum atomic E-state index is -0.403. The van der Waals surface area contributed by atoms with E-state index in [0.29, 0.717) is 16.1 Å². The number of azo groups is 1. The number of nitriles is 1. The second-order valence-electron chi connectivity index (χ2n) is 5.21. The van der Waals surface area contributed by atoms with E-state index in [0.717, 1.165) is 0 Å². The molecule has 0 saturated carbocycles. The quantitative estimate of drug-likeness (QED) is 0.167. The highest BCUT2D eigenvalue weighted by Crippen LogP contribution is 2.41. The maximum absolute atomic E-state index is 10.0. The third-order valence-electron chi connectivity index (χ3n) is 3.49. The van der Waals surface area contributed by atoms with E-state index >= 15 is 0 Å². The Morgan fingerprint density at radius 3 is 2.11 bits per heavy atom. The summed E-state index contributed by atoms with van der Waals surface area (Å²) in [6.45, 7) is 3.22. The van der Waals surface area contributed by atoms with E-state index in [9.17, 15) is 15.5 Å². The fraction of sp³-hybridized carbons (Fsp3) is 0.125. The number of hydrogen-bond donors (Lipinski definition) is 3. The van der Waals surface area contributed by atoms with Crippen LogP contribution >= 0.6 is 46.4 Å². The number of hydrazone groups is 1. The zero-order valence-corrected chi connectivity index (χ0v) is 16.9. The molecule has 140 valence electrons. The lowest BCUT2D eigenvalue weighted by Crippen LogP contribution is -1.99. The van der Waals surface area contributed by atoms with Gasteiger partial charge in [-0.15, -0.1) is 15.3 Å². The maximum atomic E-state index is 10.0. The molecule has 0 aliphatic carbocycles. The number of phenolic OH excluding ortho intramolecular Hbond substituents is 2. The van der Waals surface area contributed by atoms with Crippen molar-refractivity contribution in [2.24, 2.45) is 15.3 Å². The normalized spacial score (nSPS) is 11.7. The van der Waals surface area contributed by atoms with E-state index in [-0.39, 0.29) is 37.9 Å². The average molecular weight is 447 g/mol. The van der Waals surface area contributed by atoms with Crippen LogP contribution in [0.4, 0.5) is 11.4 Å². The topological polar surface area (TPSA) is 113 Å². The third-order valence-corrected chi connectivity index (χ3v) is 4.85. The first-order chi connectivity index (χ1) is 12.7. The van der Waals surface area contributed by atoms with Gasteiger partial charge in [-0.3, -0.25) is 5.43 Å². The molecule has 0 bridgehead atoms. The molecule has 0 fully saturated rings. The maximum Gasteiger partial charge on any atom is 0.270 e. The summed E-state index contributed by atoms with van der Waals surface area (Å²) in [7, 11) is 0. The van der Waals surface area contributed by atoms with Gasteiger partial charge in [0.15, 0.2) is 11.5 Å². The van der Waals surface area contributed by atoms with Crippen LogP contribution in [-0.2, 0) is 0 Å². The second-order valence-corrected chi connectivity index (χ2v) is 6.84. The Morgan fingerprint density at radius 1 is 0.963 bits per heavy atom. The van der Waals surface area contributed by atoms with Crippen LogP contribution in [0.1, 0.15) is 11.1 Å². The Morgan fingerprint density at radius 2 is 1.52 bits per heavy atom. The molecule has 0 radical (unpaired) electrons. The van der Waals surface area contributed by atoms with Crippen molar-refractivity contribution in [3.05, 3.63) is 43.4 Å². The van der Waals surface area contributed by atoms with E-state index in [4.69, 9.17) is 46.4 Å². The summed E-state index contributed by atoms with van der Waals surface area (Å²) in [4.78, 5) is 0. The molecule has 27 heavy (non-hydrogen) atoms. The number of benzene rings is 2. The van der Waals surface area contributed by atoms with Crippen molar-refractivity contribution in [3.63, 3.8) is 0 Å². The largest absolute Gasteiger partial charge is 0.504 e. The molecule has 11 heteroatoms. The minimum absolute atomic E-state index is 0.000257. The Balaban J connectivity index is 2.38. The van der Waals surface area contributed by atoms with Crippen molar-refractivity contribution in [3.8, 4) is 17.6 Å². The SMILES string of the molecule is Cc1c(Cl)cc(Cl)c(O)c1N=N/C(C#N)=N/Nc1c(C)c(Cl)cc(Cl)c1O. The molecule has 0 atom stereocenters. The van der Waals surface area contributed by atoms with Gasteiger partial charge in [0.25, 0.3) is 5.84 Å². The highest BCUT2D eigenvalue weighted by molar-refractivity contribution is 6.37. The summed E-state index contributed by atoms with van der Waals surface area (Å²) in [6.07, 6.45) is 0. The van der Waals surface area contributed by atoms with E-state index in [1.807, 2.05) is 0 Å². The monoisotopic (exact) mass is 445 g/mol. The van der Waals surface area contributed by atoms with Gasteiger partial charge in [-0.2, -0.15) is 5.26 Å². The first-order valence-corrected chi connectivity index (χ1v) is 8.69. The van der Waals surface area contributed by atoms with Gasteiger partial charge in [-0.1, -0.05) is 46.4 Å². The Hall–Kier alpha value is -2.24. The molecule has 7 nitrogen and oxygen atoms in total. The number of aromatic hydroxyl groups is 2. The van der Waals surface area contributed by atoms with Gasteiger partial charge in [0, 0.05) is 10.0 Å². The molecule has 0 aromatic heterocycles. The molecule has 0 saturated heterocycles. The van der Waals surface area contributed by atoms with Crippen LogP contribution in [0, 0.1) is 25.2 Å². The molecule has 0 aliphatic heterocycles. The molecule has 2 aromatic carbocycles. The summed E-state index contributed by atoms with van der Waals surface area (Å²) in [5.41, 5.74) is 3.48. The van der Waals surface area contributed by atoms with Crippen molar-refractivity contribution in [2.75, 3.05) is 5.43 Å². The molecule has 0 heterocycles. The Kier molecular flexibility index (Phi) is 6.73. The third kappa shape index (κ3) is 4.54. The number of rotatable bonds is 3. The Labute approximate surface area is 174 Å². The standard InChI is InChI=1S/C16H11Cl4N5O2/c1-6-8(17)3-10(19)15(26)13(6)24-22-12(5-21)23-25-14-7(2)9(18)4-11(20)16(14)27/h3-4,24,26-27H,1-2H3/b22-12+,25-23?. The summed E-state index contributed by atoms with van der Waals surface area (Å²) in [5.74, 6) is -1.02. The number of anilines is 1. The molecular weight excluding hydrogens is 436 g/mol. The highest BCUT2D eigenvalue weighted by atomic mass is 35.5. The smallest absolute Gasteiger partial charge is 0.270 e. The predicted molar refractivity (Wildman–Crippen MR) is 107 cm³/mol. The molecule has 0 unspecified atom stereocenters. The molecule has 3 N–H and O–H groups in total. The lowest BCUT2D eigenvalue weighted by atomic mass is 10.2. The van der Waals surface area contributed by atoms with E-state index in [1.165, 1.54) is 12.1 Å². The van der Waals surface area contributed by atoms with Gasteiger partial charge in [-0.25, -0.2) is 0 Å². The second kappa shape index (κ2) is 8.63. The first-order valence-electron chi connectivity index (χ1n) is 7.18. The lowest BCUT2D eigenvalue weighted by Gasteiger charge is -2.10. The van der Waals surface area contributed by atoms with Crippen molar-refractivity contribution in [1.29, 1.82) is 5.26 Å². The van der Waals surface area contributed by atoms with Crippen molar-refractivity contribution < 1.29 is 10.2 Å². The van der Waals surface area contributed by atoms with Gasteiger partial charge in [0.05, 0.1) is 10.0 Å². The van der Waals surface area contributed by atoms with Gasteiger partial charge in [0.2, 0.25) is 0 Å². The lowest BCUT2D eigenvalue weighted by molar-refractivity contribution is 0.476. The molecule has 2 aromatic rings. The van der Waals surface area contributed by atoms with Crippen LogP contribution in [0.3, 0.4) is 0 Å². The van der Waals surface area contributed by atoms with Crippen molar-refractivity contribution in [2.45, 2.75) is 13.8 Å². The zero-order chi connectivity index (χ0) is 20.3. The fourth-order valence-electron chi connectivity index (χ4n) is 1.93. The summed E-state index contributed by atoms with van der Waals surface area (Å²) in [5, 5.41) is 40.9. The van der Waals surface area contributed by atoms with E-state index < -0.39 is 5.84 Å². The predicted octanol–water partition coefficient (Wildman–Crippen LogP) is 6.36. The fourth-order valence-corrected chi connectivity index (χ4v) is 2.85. The van der Waals surface area contributed by atoms with Gasteiger partial charge in [-0.05, 0) is 37.1 Å². The molecule has 2 rings (SSSR count). The number of nitrogens with one attached hydrogen (secondary N) is 1. The molecular formula is C16H11Cl4N5O2. The number of halogens is 4. The molecule has 0 amide bonds. The van der Waals surface area contributed by atoms with Crippen LogP contribution in [-0.4, -0.2) is 16.0 Å². The summed E-state index contributed by atoms with van der Waals surface area (Å²) in [6, 6.07) is 4.45. The van der Waals surface area contributed by atoms with Crippen molar-refractivity contribution >= 4 is 63.6 Å². The van der Waals surface area contributed by atoms with E-state index in [1.54, 1.807) is 19.9 Å². The minimum Gasteiger partial charge on any atom is -0.504 e. The van der Waals surface area contributed by atoms with Gasteiger partial charge < -0.3 is 10.2 Å². The number of hydrogen-bond acceptors (Lipinski definition) is 6. The summed E-state index contributed by atoms with van der Waals surface area (Å²) >= 11 is 23.7. The molecule has 0 spiro atoms.